The van der Waals surface area contributed by atoms with Gasteiger partial charge >= 0.3 is 6.01 Å². The van der Waals surface area contributed by atoms with Gasteiger partial charge in [0, 0.05) is 61.0 Å². The van der Waals surface area contributed by atoms with Gasteiger partial charge in [-0.3, -0.25) is 9.78 Å². The summed E-state index contributed by atoms with van der Waals surface area (Å²) in [5, 5.41) is 11.7. The van der Waals surface area contributed by atoms with Crippen LogP contribution in [0.3, 0.4) is 0 Å². The molecule has 0 N–H and O–H groups in total. The third-order valence-electron chi connectivity index (χ3n) is 8.55. The molecule has 10 heteroatoms. The maximum atomic E-state index is 12.5. The summed E-state index contributed by atoms with van der Waals surface area (Å²) in [7, 11) is 2.12. The smallest absolute Gasteiger partial charge is 0.318 e. The molecule has 41 heavy (non-hydrogen) atoms. The Morgan fingerprint density at radius 2 is 2.10 bits per heavy atom. The molecular weight excluding hydrogens is 518 g/mol. The largest absolute Gasteiger partial charge is 0.462 e. The van der Waals surface area contributed by atoms with Crippen molar-refractivity contribution in [3.8, 4) is 12.1 Å². The number of fused-ring (bicyclic) bond motifs is 2. The van der Waals surface area contributed by atoms with E-state index in [9.17, 15) is 10.1 Å². The molecule has 2 fully saturated rings. The first-order valence-electron chi connectivity index (χ1n) is 14.3. The van der Waals surface area contributed by atoms with Gasteiger partial charge in [0.05, 0.1) is 36.9 Å². The van der Waals surface area contributed by atoms with Crippen LogP contribution in [0.15, 0.2) is 49.3 Å². The topological polar surface area (TPSA) is 108 Å². The predicted octanol–water partition coefficient (Wildman–Crippen LogP) is 3.43. The van der Waals surface area contributed by atoms with Crippen LogP contribution >= 0.6 is 0 Å². The van der Waals surface area contributed by atoms with Crippen molar-refractivity contribution >= 4 is 22.5 Å². The van der Waals surface area contributed by atoms with E-state index < -0.39 is 0 Å². The second-order valence-electron chi connectivity index (χ2n) is 11.0. The number of carbonyl (C=O) groups is 1. The number of hydrogen-bond acceptors (Lipinski definition) is 9. The average molecular weight is 554 g/mol. The first-order valence-corrected chi connectivity index (χ1v) is 14.3. The van der Waals surface area contributed by atoms with E-state index in [0.717, 1.165) is 52.8 Å². The fraction of sp³-hybridized carbons (Fsp3) is 0.452. The first-order chi connectivity index (χ1) is 20.1. The molecule has 212 valence electrons. The van der Waals surface area contributed by atoms with E-state index in [2.05, 4.69) is 46.6 Å². The Hall–Kier alpha value is -4.07. The second-order valence-corrected chi connectivity index (χ2v) is 11.0. The van der Waals surface area contributed by atoms with E-state index in [1.807, 2.05) is 24.5 Å². The molecule has 3 aromatic rings. The highest BCUT2D eigenvalue weighted by Crippen LogP contribution is 2.37. The Morgan fingerprint density at radius 1 is 1.22 bits per heavy atom. The van der Waals surface area contributed by atoms with Crippen LogP contribution in [0.2, 0.25) is 0 Å². The second kappa shape index (κ2) is 11.8. The van der Waals surface area contributed by atoms with E-state index in [4.69, 9.17) is 19.4 Å². The molecule has 2 aromatic heterocycles. The van der Waals surface area contributed by atoms with Gasteiger partial charge in [-0.2, -0.15) is 15.2 Å². The molecular formula is C31H35N7O3. The van der Waals surface area contributed by atoms with Gasteiger partial charge in [-0.1, -0.05) is 30.8 Å². The van der Waals surface area contributed by atoms with Crippen molar-refractivity contribution in [1.29, 1.82) is 5.26 Å². The maximum Gasteiger partial charge on any atom is 0.318 e. The summed E-state index contributed by atoms with van der Waals surface area (Å²) in [5.41, 5.74) is 2.86. The van der Waals surface area contributed by atoms with Crippen LogP contribution in [0.4, 0.5) is 5.82 Å². The van der Waals surface area contributed by atoms with Gasteiger partial charge in [-0.15, -0.1) is 0 Å². The van der Waals surface area contributed by atoms with Crippen molar-refractivity contribution in [3.05, 3.63) is 66.1 Å². The molecule has 0 spiro atoms. The number of rotatable bonds is 7. The summed E-state index contributed by atoms with van der Waals surface area (Å²) in [6, 6.07) is 10.9. The quantitative estimate of drug-likeness (QED) is 0.407. The van der Waals surface area contributed by atoms with E-state index in [0.29, 0.717) is 51.3 Å². The number of amides is 1. The molecule has 0 radical (unpaired) electrons. The Bertz CT molecular complexity index is 1480. The van der Waals surface area contributed by atoms with Crippen molar-refractivity contribution in [2.75, 3.05) is 44.7 Å². The molecule has 1 unspecified atom stereocenters. The van der Waals surface area contributed by atoms with Crippen molar-refractivity contribution in [3.63, 3.8) is 0 Å². The number of aromatic nitrogens is 3. The summed E-state index contributed by atoms with van der Waals surface area (Å²) in [6.45, 7) is 7.11. The molecule has 0 saturated carbocycles. The van der Waals surface area contributed by atoms with E-state index in [1.54, 1.807) is 4.90 Å². The number of piperazine rings is 1. The van der Waals surface area contributed by atoms with Crippen molar-refractivity contribution in [1.82, 2.24) is 24.8 Å². The van der Waals surface area contributed by atoms with Crippen molar-refractivity contribution < 1.29 is 14.3 Å². The summed E-state index contributed by atoms with van der Waals surface area (Å²) in [4.78, 5) is 33.0. The Morgan fingerprint density at radius 3 is 2.90 bits per heavy atom. The average Bonchev–Trinajstić information content (AvgIpc) is 3.43. The van der Waals surface area contributed by atoms with Crippen molar-refractivity contribution in [2.45, 2.75) is 50.5 Å². The summed E-state index contributed by atoms with van der Waals surface area (Å²) in [5.74, 6) is 0.599. The maximum absolute atomic E-state index is 12.5. The van der Waals surface area contributed by atoms with Gasteiger partial charge in [0.15, 0.2) is 0 Å². The molecule has 6 rings (SSSR count). The highest BCUT2D eigenvalue weighted by atomic mass is 16.5. The molecule has 1 amide bonds. The number of nitrogens with zero attached hydrogens (tertiary/aromatic N) is 7. The number of ether oxygens (including phenoxy) is 2. The lowest BCUT2D eigenvalue weighted by Gasteiger charge is -2.41. The number of benzene rings is 1. The Kier molecular flexibility index (Phi) is 7.81. The van der Waals surface area contributed by atoms with Gasteiger partial charge < -0.3 is 24.2 Å². The number of likely N-dealkylation sites (tertiary alicyclic amines) is 1. The number of nitriles is 1. The third kappa shape index (κ3) is 5.47. The fourth-order valence-corrected chi connectivity index (χ4v) is 6.25. The van der Waals surface area contributed by atoms with Crippen LogP contribution in [-0.4, -0.2) is 82.6 Å². The lowest BCUT2D eigenvalue weighted by molar-refractivity contribution is -0.128. The molecule has 3 aliphatic rings. The zero-order chi connectivity index (χ0) is 28.3. The zero-order valence-electron chi connectivity index (χ0n) is 23.4. The number of hydrogen-bond donors (Lipinski definition) is 0. The summed E-state index contributed by atoms with van der Waals surface area (Å²) < 4.78 is 12.7. The molecule has 3 aliphatic heterocycles. The van der Waals surface area contributed by atoms with Gasteiger partial charge in [0.2, 0.25) is 5.91 Å². The number of anilines is 1. The standard InChI is InChI=1S/C31H35N7O3/c1-3-29(39)38-14-13-37(18-22(38)10-11-32)30-26-20-40-28(25-17-33-16-21-7-4-5-9-24(21)25)15-27(26)34-31(35-30)41-19-23-8-6-12-36(23)2/h3-5,7,9,16-17,22-23,28H,1,6,8,10,12-15,18-20H2,2H3/t22-,23-,28?/m0/s1. The van der Waals surface area contributed by atoms with Crippen molar-refractivity contribution in [2.24, 2.45) is 0 Å². The SMILES string of the molecule is C=CC(=O)N1CCN(c2nc(OC[C@@H]3CCCN3C)nc3c2COC(c2cncc4ccccc24)C3)C[C@@H]1CC#N. The highest BCUT2D eigenvalue weighted by molar-refractivity contribution is 5.87. The van der Waals surface area contributed by atoms with Gasteiger partial charge in [0.25, 0.3) is 0 Å². The molecule has 10 nitrogen and oxygen atoms in total. The Balaban J connectivity index is 1.33. The summed E-state index contributed by atoms with van der Waals surface area (Å²) >= 11 is 0. The van der Waals surface area contributed by atoms with Crippen LogP contribution < -0.4 is 9.64 Å². The molecule has 3 atom stereocenters. The molecule has 0 aliphatic carbocycles. The predicted molar refractivity (Wildman–Crippen MR) is 154 cm³/mol. The fourth-order valence-electron chi connectivity index (χ4n) is 6.25. The highest BCUT2D eigenvalue weighted by Gasteiger charge is 2.34. The lowest BCUT2D eigenvalue weighted by atomic mass is 9.96. The third-order valence-corrected chi connectivity index (χ3v) is 8.55. The number of pyridine rings is 1. The van der Waals surface area contributed by atoms with E-state index >= 15 is 0 Å². The monoisotopic (exact) mass is 553 g/mol. The van der Waals surface area contributed by atoms with E-state index in [-0.39, 0.29) is 24.5 Å². The van der Waals surface area contributed by atoms with Crippen LogP contribution in [-0.2, 0) is 22.6 Å². The van der Waals surface area contributed by atoms with Crippen LogP contribution in [0.1, 0.15) is 42.2 Å². The first kappa shape index (κ1) is 27.1. The zero-order valence-corrected chi connectivity index (χ0v) is 23.4. The van der Waals surface area contributed by atoms with E-state index in [1.165, 1.54) is 6.08 Å². The molecule has 2 saturated heterocycles. The minimum absolute atomic E-state index is 0.158. The summed E-state index contributed by atoms with van der Waals surface area (Å²) in [6.07, 6.45) is 7.91. The van der Waals surface area contributed by atoms with Crippen LogP contribution in [0.5, 0.6) is 6.01 Å². The minimum atomic E-state index is -0.264. The number of likely N-dealkylation sites (N-methyl/N-ethyl adjacent to an activating group) is 1. The lowest BCUT2D eigenvalue weighted by Crippen LogP contribution is -2.55. The number of carbonyl (C=O) groups excluding carboxylic acids is 1. The molecule has 0 bridgehead atoms. The minimum Gasteiger partial charge on any atom is -0.462 e. The van der Waals surface area contributed by atoms with Crippen LogP contribution in [0, 0.1) is 11.3 Å². The van der Waals surface area contributed by atoms with Gasteiger partial charge in [-0.05, 0) is 37.9 Å². The van der Waals surface area contributed by atoms with Gasteiger partial charge in [-0.25, -0.2) is 0 Å². The Labute approximate surface area is 240 Å². The normalized spacial score (nSPS) is 22.8. The molecule has 1 aromatic carbocycles. The van der Waals surface area contributed by atoms with Crippen LogP contribution in [0.25, 0.3) is 10.8 Å². The van der Waals surface area contributed by atoms with Gasteiger partial charge in [0.1, 0.15) is 12.4 Å². The molecule has 5 heterocycles.